The molecule has 0 saturated carbocycles. The van der Waals surface area contributed by atoms with Gasteiger partial charge in [-0.05, 0) is 38.2 Å². The molecule has 1 aromatic heterocycles. The zero-order valence-corrected chi connectivity index (χ0v) is 13.7. The predicted octanol–water partition coefficient (Wildman–Crippen LogP) is 1.97. The normalized spacial score (nSPS) is 21.3. The van der Waals surface area contributed by atoms with Gasteiger partial charge < -0.3 is 15.1 Å². The van der Waals surface area contributed by atoms with Crippen LogP contribution in [-0.4, -0.2) is 53.6 Å². The molecule has 2 aliphatic rings. The molecule has 2 amide bonds. The quantitative estimate of drug-likeness (QED) is 0.866. The van der Waals surface area contributed by atoms with Crippen LogP contribution in [0, 0.1) is 12.8 Å². The van der Waals surface area contributed by atoms with Crippen LogP contribution in [0.5, 0.6) is 0 Å². The van der Waals surface area contributed by atoms with Gasteiger partial charge in [0.2, 0.25) is 0 Å². The molecule has 124 valence electrons. The van der Waals surface area contributed by atoms with Crippen LogP contribution >= 0.6 is 0 Å². The molecule has 1 aliphatic carbocycles. The van der Waals surface area contributed by atoms with Crippen molar-refractivity contribution >= 4 is 11.8 Å². The number of hydrogen-bond donors (Lipinski definition) is 1. The molecule has 1 N–H and O–H groups in total. The van der Waals surface area contributed by atoms with E-state index >= 15 is 0 Å². The minimum atomic E-state index is 0.0677. The van der Waals surface area contributed by atoms with Crippen LogP contribution in [0.15, 0.2) is 24.4 Å². The van der Waals surface area contributed by atoms with Crippen LogP contribution in [0.3, 0.4) is 0 Å². The van der Waals surface area contributed by atoms with Gasteiger partial charge in [0.15, 0.2) is 0 Å². The second-order valence-electron chi connectivity index (χ2n) is 6.27. The number of piperazine rings is 1. The van der Waals surface area contributed by atoms with Gasteiger partial charge in [-0.1, -0.05) is 12.2 Å². The van der Waals surface area contributed by atoms with Crippen LogP contribution in [0.2, 0.25) is 0 Å². The lowest BCUT2D eigenvalue weighted by molar-refractivity contribution is 0.192. The maximum atomic E-state index is 12.3. The highest BCUT2D eigenvalue weighted by atomic mass is 16.2. The van der Waals surface area contributed by atoms with Gasteiger partial charge in [0.1, 0.15) is 11.6 Å². The highest BCUT2D eigenvalue weighted by Gasteiger charge is 2.22. The third-order valence-corrected chi connectivity index (χ3v) is 4.57. The molecule has 1 aliphatic heterocycles. The van der Waals surface area contributed by atoms with Gasteiger partial charge in [-0.3, -0.25) is 0 Å². The zero-order chi connectivity index (χ0) is 16.1. The van der Waals surface area contributed by atoms with E-state index in [2.05, 4.69) is 32.3 Å². The number of nitrogens with one attached hydrogen (secondary N) is 1. The van der Waals surface area contributed by atoms with Crippen LogP contribution < -0.4 is 10.2 Å². The van der Waals surface area contributed by atoms with Crippen LogP contribution in [-0.2, 0) is 0 Å². The largest absolute Gasteiger partial charge is 0.353 e. The molecular formula is C17H25N5O. The number of urea groups is 1. The number of hydrogen-bond acceptors (Lipinski definition) is 4. The fraction of sp³-hybridized carbons (Fsp3) is 0.588. The lowest BCUT2D eigenvalue weighted by atomic mass is 9.94. The molecule has 0 unspecified atom stereocenters. The van der Waals surface area contributed by atoms with E-state index in [0.717, 1.165) is 57.2 Å². The molecule has 3 rings (SSSR count). The van der Waals surface area contributed by atoms with E-state index in [4.69, 9.17) is 0 Å². The number of anilines is 1. The summed E-state index contributed by atoms with van der Waals surface area (Å²) in [5.41, 5.74) is 0. The van der Waals surface area contributed by atoms with E-state index in [1.54, 1.807) is 6.20 Å². The molecule has 0 radical (unpaired) electrons. The minimum absolute atomic E-state index is 0.0677. The number of aryl methyl sites for hydroxylation is 1. The molecule has 1 aromatic rings. The van der Waals surface area contributed by atoms with E-state index in [-0.39, 0.29) is 6.03 Å². The predicted molar refractivity (Wildman–Crippen MR) is 90.4 cm³/mol. The van der Waals surface area contributed by atoms with Crippen LogP contribution in [0.25, 0.3) is 0 Å². The molecule has 6 nitrogen and oxygen atoms in total. The van der Waals surface area contributed by atoms with E-state index in [1.807, 2.05) is 17.9 Å². The Balaban J connectivity index is 1.44. The van der Waals surface area contributed by atoms with Crippen molar-refractivity contribution < 1.29 is 4.79 Å². The number of amides is 2. The van der Waals surface area contributed by atoms with Crippen molar-refractivity contribution in [2.45, 2.75) is 26.2 Å². The second-order valence-corrected chi connectivity index (χ2v) is 6.27. The summed E-state index contributed by atoms with van der Waals surface area (Å²) in [6.07, 6.45) is 9.64. The summed E-state index contributed by atoms with van der Waals surface area (Å²) in [5.74, 6) is 2.32. The van der Waals surface area contributed by atoms with Gasteiger partial charge in [0, 0.05) is 38.9 Å². The van der Waals surface area contributed by atoms with Crippen molar-refractivity contribution in [1.82, 2.24) is 20.2 Å². The summed E-state index contributed by atoms with van der Waals surface area (Å²) in [6, 6.07) is 2.00. The van der Waals surface area contributed by atoms with Gasteiger partial charge in [-0.15, -0.1) is 0 Å². The maximum Gasteiger partial charge on any atom is 0.317 e. The van der Waals surface area contributed by atoms with E-state index in [9.17, 15) is 4.79 Å². The van der Waals surface area contributed by atoms with Gasteiger partial charge in [-0.2, -0.15) is 0 Å². The monoisotopic (exact) mass is 315 g/mol. The van der Waals surface area contributed by atoms with Crippen molar-refractivity contribution in [1.29, 1.82) is 0 Å². The van der Waals surface area contributed by atoms with Crippen LogP contribution in [0.4, 0.5) is 10.6 Å². The first kappa shape index (κ1) is 15.8. The van der Waals surface area contributed by atoms with Crippen molar-refractivity contribution in [2.24, 2.45) is 5.92 Å². The lowest BCUT2D eigenvalue weighted by Crippen LogP contribution is -2.52. The van der Waals surface area contributed by atoms with Crippen molar-refractivity contribution in [3.63, 3.8) is 0 Å². The molecule has 2 heterocycles. The number of nitrogens with zero attached hydrogens (tertiary/aromatic N) is 4. The first-order valence-electron chi connectivity index (χ1n) is 8.45. The lowest BCUT2D eigenvalue weighted by Gasteiger charge is -2.35. The van der Waals surface area contributed by atoms with Crippen molar-refractivity contribution in [3.05, 3.63) is 30.2 Å². The summed E-state index contributed by atoms with van der Waals surface area (Å²) in [7, 11) is 0. The average molecular weight is 315 g/mol. The number of aromatic nitrogens is 2. The van der Waals surface area contributed by atoms with Crippen molar-refractivity contribution in [2.75, 3.05) is 37.6 Å². The summed E-state index contributed by atoms with van der Waals surface area (Å²) >= 11 is 0. The molecule has 1 atom stereocenters. The maximum absolute atomic E-state index is 12.3. The molecule has 0 bridgehead atoms. The third-order valence-electron chi connectivity index (χ3n) is 4.57. The number of rotatable bonds is 3. The summed E-state index contributed by atoms with van der Waals surface area (Å²) in [6.45, 7) is 5.78. The topological polar surface area (TPSA) is 61.4 Å². The Hall–Kier alpha value is -2.11. The van der Waals surface area contributed by atoms with Crippen molar-refractivity contribution in [3.8, 4) is 0 Å². The minimum Gasteiger partial charge on any atom is -0.353 e. The standard InChI is InChI=1S/C17H25N5O/c1-14-18-8-7-16(20-14)21-9-11-22(12-10-21)17(23)19-13-15-5-3-2-4-6-15/h2-3,7-8,15H,4-6,9-13H2,1H3,(H,19,23)/t15-/m0/s1. The van der Waals surface area contributed by atoms with Gasteiger partial charge in [-0.25, -0.2) is 14.8 Å². The molecule has 0 aromatic carbocycles. The molecular weight excluding hydrogens is 290 g/mol. The summed E-state index contributed by atoms with van der Waals surface area (Å²) in [4.78, 5) is 25.0. The molecule has 1 fully saturated rings. The highest BCUT2D eigenvalue weighted by molar-refractivity contribution is 5.74. The Kier molecular flexibility index (Phi) is 5.10. The van der Waals surface area contributed by atoms with Gasteiger partial charge in [0.25, 0.3) is 0 Å². The van der Waals surface area contributed by atoms with E-state index < -0.39 is 0 Å². The molecule has 0 spiro atoms. The molecule has 1 saturated heterocycles. The number of carbonyl (C=O) groups excluding carboxylic acids is 1. The van der Waals surface area contributed by atoms with Gasteiger partial charge >= 0.3 is 6.03 Å². The fourth-order valence-corrected chi connectivity index (χ4v) is 3.14. The zero-order valence-electron chi connectivity index (χ0n) is 13.7. The van der Waals surface area contributed by atoms with E-state index in [1.165, 1.54) is 6.42 Å². The Bertz CT molecular complexity index is 566. The van der Waals surface area contributed by atoms with E-state index in [0.29, 0.717) is 5.92 Å². The fourth-order valence-electron chi connectivity index (χ4n) is 3.14. The van der Waals surface area contributed by atoms with Crippen LogP contribution in [0.1, 0.15) is 25.1 Å². The third kappa shape index (κ3) is 4.21. The Morgan fingerprint density at radius 3 is 2.83 bits per heavy atom. The summed E-state index contributed by atoms with van der Waals surface area (Å²) < 4.78 is 0. The number of carbonyl (C=O) groups is 1. The molecule has 23 heavy (non-hydrogen) atoms. The Morgan fingerprint density at radius 1 is 1.30 bits per heavy atom. The second kappa shape index (κ2) is 7.44. The number of allylic oxidation sites excluding steroid dienone is 2. The SMILES string of the molecule is Cc1nccc(N2CCN(C(=O)NC[C@H]3CC=CCC3)CC2)n1. The first-order valence-corrected chi connectivity index (χ1v) is 8.45. The smallest absolute Gasteiger partial charge is 0.317 e. The highest BCUT2D eigenvalue weighted by Crippen LogP contribution is 2.17. The summed E-state index contributed by atoms with van der Waals surface area (Å²) in [5, 5.41) is 3.09. The first-order chi connectivity index (χ1) is 11.2. The van der Waals surface area contributed by atoms with Gasteiger partial charge in [0.05, 0.1) is 0 Å². The molecule has 6 heteroatoms. The average Bonchev–Trinajstić information content (AvgIpc) is 2.61. The Labute approximate surface area is 137 Å². The Morgan fingerprint density at radius 2 is 2.13 bits per heavy atom.